The quantitative estimate of drug-likeness (QED) is 0.908. The Bertz CT molecular complexity index is 641. The van der Waals surface area contributed by atoms with Gasteiger partial charge in [0.25, 0.3) is 5.91 Å². The highest BCUT2D eigenvalue weighted by atomic mass is 35.5. The summed E-state index contributed by atoms with van der Waals surface area (Å²) < 4.78 is 5.40. The van der Waals surface area contributed by atoms with Crippen LogP contribution in [0.3, 0.4) is 0 Å². The second kappa shape index (κ2) is 6.83. The summed E-state index contributed by atoms with van der Waals surface area (Å²) in [5.74, 6) is 0.110. The molecule has 5 heteroatoms. The summed E-state index contributed by atoms with van der Waals surface area (Å²) >= 11 is 12.0. The van der Waals surface area contributed by atoms with Gasteiger partial charge in [0.05, 0.1) is 0 Å². The van der Waals surface area contributed by atoms with Crippen LogP contribution < -0.4 is 10.5 Å². The molecule has 0 saturated carbocycles. The first-order valence-electron chi connectivity index (χ1n) is 6.44. The summed E-state index contributed by atoms with van der Waals surface area (Å²) in [6.45, 7) is 1.61. The van der Waals surface area contributed by atoms with Crippen LogP contribution in [0.1, 0.15) is 18.1 Å². The van der Waals surface area contributed by atoms with Crippen LogP contribution in [0.4, 0.5) is 0 Å². The Morgan fingerprint density at radius 3 is 2.43 bits per heavy atom. The Balaban J connectivity index is 2.07. The highest BCUT2D eigenvalue weighted by Crippen LogP contribution is 2.24. The molecule has 1 amide bonds. The molecule has 21 heavy (non-hydrogen) atoms. The lowest BCUT2D eigenvalue weighted by molar-refractivity contribution is -0.123. The molecule has 0 aromatic heterocycles. The summed E-state index contributed by atoms with van der Waals surface area (Å²) in [4.78, 5) is 10.9. The maximum atomic E-state index is 10.9. The van der Waals surface area contributed by atoms with Gasteiger partial charge in [-0.3, -0.25) is 4.79 Å². The Morgan fingerprint density at radius 1 is 1.19 bits per heavy atom. The van der Waals surface area contributed by atoms with Crippen molar-refractivity contribution in [2.24, 2.45) is 5.73 Å². The fraction of sp³-hybridized carbons (Fsp3) is 0.188. The van der Waals surface area contributed by atoms with Crippen LogP contribution >= 0.6 is 23.2 Å². The molecule has 0 aliphatic heterocycles. The van der Waals surface area contributed by atoms with Crippen molar-refractivity contribution in [1.82, 2.24) is 0 Å². The lowest BCUT2D eigenvalue weighted by Gasteiger charge is -2.11. The normalized spacial score (nSPS) is 12.0. The molecule has 2 N–H and O–H groups in total. The summed E-state index contributed by atoms with van der Waals surface area (Å²) in [7, 11) is 0. The summed E-state index contributed by atoms with van der Waals surface area (Å²) in [6, 6.07) is 12.9. The van der Waals surface area contributed by atoms with E-state index in [1.54, 1.807) is 25.1 Å². The second-order valence-corrected chi connectivity index (χ2v) is 5.56. The van der Waals surface area contributed by atoms with Gasteiger partial charge >= 0.3 is 0 Å². The summed E-state index contributed by atoms with van der Waals surface area (Å²) in [5, 5.41) is 1.26. The van der Waals surface area contributed by atoms with E-state index in [9.17, 15) is 4.79 Å². The maximum Gasteiger partial charge on any atom is 0.258 e. The molecule has 3 nitrogen and oxygen atoms in total. The van der Waals surface area contributed by atoms with Crippen LogP contribution in [0.5, 0.6) is 5.75 Å². The van der Waals surface area contributed by atoms with Gasteiger partial charge in [0, 0.05) is 10.0 Å². The molecule has 0 aliphatic rings. The molecule has 0 bridgehead atoms. The van der Waals surface area contributed by atoms with Gasteiger partial charge in [-0.1, -0.05) is 41.4 Å². The Labute approximate surface area is 133 Å². The monoisotopic (exact) mass is 323 g/mol. The van der Waals surface area contributed by atoms with E-state index >= 15 is 0 Å². The molecule has 2 aromatic carbocycles. The Kier molecular flexibility index (Phi) is 5.10. The number of ether oxygens (including phenoxy) is 1. The second-order valence-electron chi connectivity index (χ2n) is 4.72. The topological polar surface area (TPSA) is 52.3 Å². The predicted octanol–water partition coefficient (Wildman–Crippen LogP) is 3.84. The first kappa shape index (κ1) is 15.7. The molecule has 110 valence electrons. The van der Waals surface area contributed by atoms with Gasteiger partial charge < -0.3 is 10.5 Å². The fourth-order valence-corrected chi connectivity index (χ4v) is 2.31. The van der Waals surface area contributed by atoms with Crippen molar-refractivity contribution in [1.29, 1.82) is 0 Å². The number of hydrogen-bond acceptors (Lipinski definition) is 2. The van der Waals surface area contributed by atoms with Crippen molar-refractivity contribution in [3.8, 4) is 5.75 Å². The minimum atomic E-state index is -0.651. The van der Waals surface area contributed by atoms with Crippen molar-refractivity contribution in [2.75, 3.05) is 0 Å². The number of carbonyl (C=O) groups is 1. The molecule has 2 rings (SSSR count). The number of benzene rings is 2. The van der Waals surface area contributed by atoms with E-state index < -0.39 is 12.0 Å². The van der Waals surface area contributed by atoms with Crippen molar-refractivity contribution < 1.29 is 9.53 Å². The molecule has 0 fully saturated rings. The van der Waals surface area contributed by atoms with E-state index in [1.807, 2.05) is 24.3 Å². The van der Waals surface area contributed by atoms with Crippen molar-refractivity contribution in [3.63, 3.8) is 0 Å². The zero-order valence-electron chi connectivity index (χ0n) is 11.5. The van der Waals surface area contributed by atoms with Crippen LogP contribution in [-0.2, 0) is 11.2 Å². The van der Waals surface area contributed by atoms with Gasteiger partial charge in [0.15, 0.2) is 6.10 Å². The number of amides is 1. The van der Waals surface area contributed by atoms with E-state index in [-0.39, 0.29) is 0 Å². The molecular formula is C16H15Cl2NO2. The summed E-state index contributed by atoms with van der Waals surface area (Å²) in [5.41, 5.74) is 7.24. The van der Waals surface area contributed by atoms with E-state index in [4.69, 9.17) is 33.7 Å². The first-order chi connectivity index (χ1) is 9.95. The van der Waals surface area contributed by atoms with Gasteiger partial charge in [-0.25, -0.2) is 0 Å². The minimum Gasteiger partial charge on any atom is -0.481 e. The minimum absolute atomic E-state index is 0.493. The molecule has 1 unspecified atom stereocenters. The third-order valence-electron chi connectivity index (χ3n) is 3.05. The molecular weight excluding hydrogens is 309 g/mol. The maximum absolute atomic E-state index is 10.9. The van der Waals surface area contributed by atoms with E-state index in [0.717, 1.165) is 11.1 Å². The van der Waals surface area contributed by atoms with Gasteiger partial charge in [-0.15, -0.1) is 0 Å². The number of rotatable bonds is 5. The van der Waals surface area contributed by atoms with Crippen molar-refractivity contribution in [2.45, 2.75) is 19.4 Å². The van der Waals surface area contributed by atoms with Crippen LogP contribution in [0.25, 0.3) is 0 Å². The molecule has 0 saturated heterocycles. The lowest BCUT2D eigenvalue weighted by Crippen LogP contribution is -2.30. The Hall–Kier alpha value is -1.71. The van der Waals surface area contributed by atoms with Crippen molar-refractivity contribution >= 4 is 29.1 Å². The average Bonchev–Trinajstić information content (AvgIpc) is 2.43. The van der Waals surface area contributed by atoms with Gasteiger partial charge in [-0.2, -0.15) is 0 Å². The lowest BCUT2D eigenvalue weighted by atomic mass is 10.0. The first-order valence-corrected chi connectivity index (χ1v) is 7.20. The number of hydrogen-bond donors (Lipinski definition) is 1. The van der Waals surface area contributed by atoms with E-state index in [1.165, 1.54) is 0 Å². The predicted molar refractivity (Wildman–Crippen MR) is 85.0 cm³/mol. The zero-order valence-corrected chi connectivity index (χ0v) is 13.0. The van der Waals surface area contributed by atoms with Gasteiger partial charge in [0.1, 0.15) is 5.75 Å². The molecule has 0 spiro atoms. The highest BCUT2D eigenvalue weighted by Gasteiger charge is 2.10. The standard InChI is InChI=1S/C16H15Cl2NO2/c1-10(16(19)20)21-14-6-2-11(3-7-14)8-12-4-5-13(17)9-15(12)18/h2-7,9-10H,8H2,1H3,(H2,19,20). The number of nitrogens with two attached hydrogens (primary N) is 1. The Morgan fingerprint density at radius 2 is 1.86 bits per heavy atom. The third-order valence-corrected chi connectivity index (χ3v) is 3.63. The zero-order chi connectivity index (χ0) is 15.4. The smallest absolute Gasteiger partial charge is 0.258 e. The number of halogens is 2. The molecule has 0 radical (unpaired) electrons. The average molecular weight is 324 g/mol. The van der Waals surface area contributed by atoms with E-state index in [0.29, 0.717) is 22.2 Å². The largest absolute Gasteiger partial charge is 0.481 e. The number of primary amides is 1. The SMILES string of the molecule is CC(Oc1ccc(Cc2ccc(Cl)cc2Cl)cc1)C(N)=O. The molecule has 1 atom stereocenters. The van der Waals surface area contributed by atoms with Crippen LogP contribution in [0.2, 0.25) is 10.0 Å². The van der Waals surface area contributed by atoms with Crippen LogP contribution in [0.15, 0.2) is 42.5 Å². The highest BCUT2D eigenvalue weighted by molar-refractivity contribution is 6.35. The molecule has 0 heterocycles. The molecule has 0 aliphatic carbocycles. The number of carbonyl (C=O) groups excluding carboxylic acids is 1. The fourth-order valence-electron chi connectivity index (χ4n) is 1.83. The van der Waals surface area contributed by atoms with E-state index in [2.05, 4.69) is 0 Å². The molecule has 2 aromatic rings. The van der Waals surface area contributed by atoms with Gasteiger partial charge in [0.2, 0.25) is 0 Å². The van der Waals surface area contributed by atoms with Crippen LogP contribution in [-0.4, -0.2) is 12.0 Å². The van der Waals surface area contributed by atoms with Gasteiger partial charge in [-0.05, 0) is 48.7 Å². The third kappa shape index (κ3) is 4.38. The van der Waals surface area contributed by atoms with Crippen LogP contribution in [0, 0.1) is 0 Å². The summed E-state index contributed by atoms with van der Waals surface area (Å²) in [6.07, 6.45) is 0.0448. The van der Waals surface area contributed by atoms with Crippen molar-refractivity contribution in [3.05, 3.63) is 63.6 Å².